The Morgan fingerprint density at radius 2 is 2.53 bits per heavy atom. The number of amides is 2. The Bertz CT molecular complexity index is 368. The lowest BCUT2D eigenvalue weighted by Gasteiger charge is -2.30. The van der Waals surface area contributed by atoms with Crippen LogP contribution in [-0.2, 0) is 0 Å². The van der Waals surface area contributed by atoms with Crippen LogP contribution in [0.25, 0.3) is 0 Å². The van der Waals surface area contributed by atoms with Crippen LogP contribution >= 0.6 is 0 Å². The summed E-state index contributed by atoms with van der Waals surface area (Å²) in [4.78, 5) is 16.9. The number of aliphatic hydroxyl groups is 1. The van der Waals surface area contributed by atoms with Gasteiger partial charge in [-0.25, -0.2) is 4.79 Å². The van der Waals surface area contributed by atoms with Crippen LogP contribution in [0.3, 0.4) is 0 Å². The van der Waals surface area contributed by atoms with Crippen LogP contribution in [0.1, 0.15) is 13.3 Å². The summed E-state index contributed by atoms with van der Waals surface area (Å²) in [6.07, 6.45) is 3.66. The highest BCUT2D eigenvalue weighted by Crippen LogP contribution is 2.27. The van der Waals surface area contributed by atoms with Gasteiger partial charge < -0.3 is 10.4 Å². The maximum Gasteiger partial charge on any atom is 0.324 e. The number of hydrogen-bond donors (Lipinski definition) is 2. The number of β-amino-alcohol motifs (C(OH)–C–C–N with tert-alkyl or cyclic N) is 1. The van der Waals surface area contributed by atoms with Crippen molar-refractivity contribution in [2.75, 3.05) is 11.4 Å². The Labute approximate surface area is 87.7 Å². The molecule has 2 amide bonds. The molecule has 5 nitrogen and oxygen atoms in total. The number of carbonyl (C=O) groups excluding carboxylic acids is 1. The lowest BCUT2D eigenvalue weighted by molar-refractivity contribution is 0.0615. The van der Waals surface area contributed by atoms with Crippen LogP contribution < -0.4 is 10.2 Å². The summed E-state index contributed by atoms with van der Waals surface area (Å²) in [6, 6.07) is 3.20. The van der Waals surface area contributed by atoms with E-state index >= 15 is 0 Å². The quantitative estimate of drug-likeness (QED) is 0.750. The number of anilines is 1. The molecule has 1 saturated heterocycles. The van der Waals surface area contributed by atoms with Crippen molar-refractivity contribution in [3.8, 4) is 0 Å². The molecule has 0 radical (unpaired) electrons. The van der Waals surface area contributed by atoms with Gasteiger partial charge in [-0.2, -0.15) is 0 Å². The normalized spacial score (nSPS) is 25.5. The van der Waals surface area contributed by atoms with Gasteiger partial charge in [0.15, 0.2) is 5.72 Å². The van der Waals surface area contributed by atoms with E-state index in [0.717, 1.165) is 0 Å². The Morgan fingerprint density at radius 3 is 3.13 bits per heavy atom. The highest BCUT2D eigenvalue weighted by Gasteiger charge is 2.43. The molecule has 1 aromatic heterocycles. The van der Waals surface area contributed by atoms with E-state index in [1.165, 1.54) is 4.90 Å². The van der Waals surface area contributed by atoms with E-state index in [1.807, 2.05) is 6.92 Å². The summed E-state index contributed by atoms with van der Waals surface area (Å²) in [6.45, 7) is 2.08. The van der Waals surface area contributed by atoms with Crippen LogP contribution in [0.2, 0.25) is 0 Å². The topological polar surface area (TPSA) is 65.5 Å². The monoisotopic (exact) mass is 207 g/mol. The molecule has 0 aromatic carbocycles. The Morgan fingerprint density at radius 1 is 1.73 bits per heavy atom. The van der Waals surface area contributed by atoms with Crippen molar-refractivity contribution >= 4 is 11.7 Å². The van der Waals surface area contributed by atoms with E-state index in [-0.39, 0.29) is 12.6 Å². The van der Waals surface area contributed by atoms with Crippen molar-refractivity contribution in [2.24, 2.45) is 0 Å². The molecule has 1 aromatic rings. The molecule has 2 heterocycles. The standard InChI is InChI=1S/C10H13N3O2/c1-2-10(15)7-12-9(14)13(10)8-4-3-5-11-6-8/h3-6,15H,2,7H2,1H3,(H,12,14). The fourth-order valence-electron chi connectivity index (χ4n) is 1.69. The molecule has 1 unspecified atom stereocenters. The molecular weight excluding hydrogens is 194 g/mol. The van der Waals surface area contributed by atoms with Gasteiger partial charge in [0.1, 0.15) is 0 Å². The SMILES string of the molecule is CCC1(O)CNC(=O)N1c1cccnc1. The van der Waals surface area contributed by atoms with Crippen molar-refractivity contribution < 1.29 is 9.90 Å². The maximum atomic E-state index is 11.6. The Balaban J connectivity index is 2.38. The molecule has 0 bridgehead atoms. The number of urea groups is 1. The molecule has 5 heteroatoms. The minimum absolute atomic E-state index is 0.247. The molecule has 0 aliphatic carbocycles. The van der Waals surface area contributed by atoms with Crippen LogP contribution in [0.4, 0.5) is 10.5 Å². The largest absolute Gasteiger partial charge is 0.369 e. The predicted octanol–water partition coefficient (Wildman–Crippen LogP) is 0.710. The lowest BCUT2D eigenvalue weighted by Crippen LogP contribution is -2.47. The molecule has 80 valence electrons. The summed E-state index contributed by atoms with van der Waals surface area (Å²) in [5.74, 6) is 0. The molecule has 2 rings (SSSR count). The number of aromatic nitrogens is 1. The van der Waals surface area contributed by atoms with Gasteiger partial charge in [0.25, 0.3) is 0 Å². The van der Waals surface area contributed by atoms with Crippen LogP contribution in [0.5, 0.6) is 0 Å². The summed E-state index contributed by atoms with van der Waals surface area (Å²) in [5, 5.41) is 12.8. The van der Waals surface area contributed by atoms with Crippen LogP contribution in [-0.4, -0.2) is 28.4 Å². The zero-order valence-corrected chi connectivity index (χ0v) is 8.47. The van der Waals surface area contributed by atoms with Crippen molar-refractivity contribution in [2.45, 2.75) is 19.1 Å². The van der Waals surface area contributed by atoms with Crippen molar-refractivity contribution in [3.63, 3.8) is 0 Å². The minimum atomic E-state index is -1.14. The summed E-state index contributed by atoms with van der Waals surface area (Å²) in [5.41, 5.74) is -0.531. The summed E-state index contributed by atoms with van der Waals surface area (Å²) >= 11 is 0. The van der Waals surface area contributed by atoms with Gasteiger partial charge in [-0.1, -0.05) is 6.92 Å². The number of rotatable bonds is 2. The van der Waals surface area contributed by atoms with Gasteiger partial charge in [-0.15, -0.1) is 0 Å². The van der Waals surface area contributed by atoms with Gasteiger partial charge in [0.05, 0.1) is 18.4 Å². The molecular formula is C10H13N3O2. The van der Waals surface area contributed by atoms with Gasteiger partial charge in [0, 0.05) is 6.20 Å². The average molecular weight is 207 g/mol. The Hall–Kier alpha value is -1.62. The van der Waals surface area contributed by atoms with E-state index in [2.05, 4.69) is 10.3 Å². The number of nitrogens with zero attached hydrogens (tertiary/aromatic N) is 2. The van der Waals surface area contributed by atoms with Crippen molar-refractivity contribution in [3.05, 3.63) is 24.5 Å². The first-order valence-electron chi connectivity index (χ1n) is 4.88. The van der Waals surface area contributed by atoms with Crippen LogP contribution in [0.15, 0.2) is 24.5 Å². The van der Waals surface area contributed by atoms with Crippen molar-refractivity contribution in [1.82, 2.24) is 10.3 Å². The molecule has 0 spiro atoms. The third-order valence-corrected chi connectivity index (χ3v) is 2.61. The molecule has 1 aliphatic rings. The lowest BCUT2D eigenvalue weighted by atomic mass is 10.1. The smallest absolute Gasteiger partial charge is 0.324 e. The molecule has 2 N–H and O–H groups in total. The summed E-state index contributed by atoms with van der Waals surface area (Å²) in [7, 11) is 0. The zero-order chi connectivity index (χ0) is 10.9. The molecule has 15 heavy (non-hydrogen) atoms. The average Bonchev–Trinajstić information content (AvgIpc) is 2.57. The molecule has 0 saturated carbocycles. The van der Waals surface area contributed by atoms with E-state index < -0.39 is 5.72 Å². The van der Waals surface area contributed by atoms with E-state index in [0.29, 0.717) is 12.1 Å². The first-order valence-corrected chi connectivity index (χ1v) is 4.88. The number of carbonyl (C=O) groups is 1. The third kappa shape index (κ3) is 1.55. The highest BCUT2D eigenvalue weighted by atomic mass is 16.3. The molecule has 1 atom stereocenters. The first kappa shape index (κ1) is 9.92. The van der Waals surface area contributed by atoms with Gasteiger partial charge >= 0.3 is 6.03 Å². The fraction of sp³-hybridized carbons (Fsp3) is 0.400. The predicted molar refractivity (Wildman–Crippen MR) is 55.4 cm³/mol. The number of pyridine rings is 1. The Kier molecular flexibility index (Phi) is 2.32. The fourth-order valence-corrected chi connectivity index (χ4v) is 1.69. The van der Waals surface area contributed by atoms with E-state index in [9.17, 15) is 9.90 Å². The number of nitrogens with one attached hydrogen (secondary N) is 1. The zero-order valence-electron chi connectivity index (χ0n) is 8.47. The van der Waals surface area contributed by atoms with Gasteiger partial charge in [-0.3, -0.25) is 9.88 Å². The third-order valence-electron chi connectivity index (χ3n) is 2.61. The number of hydrogen-bond acceptors (Lipinski definition) is 3. The van der Waals surface area contributed by atoms with Gasteiger partial charge in [-0.05, 0) is 18.6 Å². The van der Waals surface area contributed by atoms with Crippen LogP contribution in [0, 0.1) is 0 Å². The first-order chi connectivity index (χ1) is 7.17. The van der Waals surface area contributed by atoms with E-state index in [1.54, 1.807) is 24.5 Å². The minimum Gasteiger partial charge on any atom is -0.369 e. The van der Waals surface area contributed by atoms with E-state index in [4.69, 9.17) is 0 Å². The van der Waals surface area contributed by atoms with Gasteiger partial charge in [0.2, 0.25) is 0 Å². The maximum absolute atomic E-state index is 11.6. The molecule has 1 fully saturated rings. The second-order valence-corrected chi connectivity index (χ2v) is 3.54. The molecule has 1 aliphatic heterocycles. The summed E-state index contributed by atoms with van der Waals surface area (Å²) < 4.78 is 0. The van der Waals surface area contributed by atoms with Crippen molar-refractivity contribution in [1.29, 1.82) is 0 Å². The second kappa shape index (κ2) is 3.51. The highest BCUT2D eigenvalue weighted by molar-refractivity contribution is 5.95. The second-order valence-electron chi connectivity index (χ2n) is 3.54.